The largest absolute Gasteiger partial charge is 0.384 e. The Morgan fingerprint density at radius 3 is 2.88 bits per heavy atom. The van der Waals surface area contributed by atoms with Crippen molar-refractivity contribution < 1.29 is 4.79 Å². The molecule has 0 radical (unpaired) electrons. The number of carbonyl (C=O) groups excluding carboxylic acids is 1. The van der Waals surface area contributed by atoms with E-state index in [0.29, 0.717) is 0 Å². The van der Waals surface area contributed by atoms with Gasteiger partial charge in [-0.25, -0.2) is 0 Å². The molecule has 0 saturated carbocycles. The number of hydrogen-bond donors (Lipinski definition) is 1. The Hall–Kier alpha value is -1.61. The minimum absolute atomic E-state index is 0.0238. The van der Waals surface area contributed by atoms with E-state index in [4.69, 9.17) is 0 Å². The zero-order chi connectivity index (χ0) is 11.8. The van der Waals surface area contributed by atoms with Crippen LogP contribution in [0.3, 0.4) is 0 Å². The van der Waals surface area contributed by atoms with Crippen LogP contribution in [-0.2, 0) is 0 Å². The zero-order valence-corrected chi connectivity index (χ0v) is 10.4. The van der Waals surface area contributed by atoms with Crippen molar-refractivity contribution >= 4 is 22.8 Å². The van der Waals surface area contributed by atoms with Gasteiger partial charge in [-0.2, -0.15) is 0 Å². The zero-order valence-electron chi connectivity index (χ0n) is 9.57. The van der Waals surface area contributed by atoms with Crippen LogP contribution in [0.2, 0.25) is 0 Å². The molecule has 2 heterocycles. The predicted molar refractivity (Wildman–Crippen MR) is 71.1 cm³/mol. The Balaban J connectivity index is 1.95. The number of carbonyl (C=O) groups is 1. The summed E-state index contributed by atoms with van der Waals surface area (Å²) in [6.07, 6.45) is 0. The molecule has 0 saturated heterocycles. The van der Waals surface area contributed by atoms with Gasteiger partial charge in [-0.3, -0.25) is 4.79 Å². The molecule has 1 aromatic carbocycles. The molecule has 1 aliphatic rings. The van der Waals surface area contributed by atoms with E-state index in [1.165, 1.54) is 4.88 Å². The van der Waals surface area contributed by atoms with Gasteiger partial charge in [-0.15, -0.1) is 11.3 Å². The lowest BCUT2D eigenvalue weighted by Crippen LogP contribution is -2.13. The lowest BCUT2D eigenvalue weighted by atomic mass is 9.96. The number of rotatable bonds is 2. The second-order valence-corrected chi connectivity index (χ2v) is 5.58. The summed E-state index contributed by atoms with van der Waals surface area (Å²) >= 11 is 1.58. The van der Waals surface area contributed by atoms with Gasteiger partial charge in [0.2, 0.25) is 0 Å². The molecule has 17 heavy (non-hydrogen) atoms. The highest BCUT2D eigenvalue weighted by atomic mass is 32.1. The number of benzene rings is 1. The van der Waals surface area contributed by atoms with Gasteiger partial charge in [-0.05, 0) is 30.7 Å². The smallest absolute Gasteiger partial charge is 0.182 e. The van der Waals surface area contributed by atoms with E-state index in [1.54, 1.807) is 11.3 Å². The number of fused-ring (bicyclic) bond motifs is 1. The number of nitrogens with one attached hydrogen (secondary N) is 1. The summed E-state index contributed by atoms with van der Waals surface area (Å²) in [5.41, 5.74) is 2.22. The van der Waals surface area contributed by atoms with Crippen molar-refractivity contribution in [1.29, 1.82) is 0 Å². The molecule has 3 heteroatoms. The van der Waals surface area contributed by atoms with Gasteiger partial charge in [0, 0.05) is 17.1 Å². The number of Topliss-reactive ketones (excluding diaryl/α,β-unsaturated/α-hetero) is 1. The fraction of sp³-hybridized carbons (Fsp3) is 0.214. The number of ketones is 1. The maximum absolute atomic E-state index is 12.4. The normalized spacial score (nSPS) is 17.6. The molecular formula is C14H13NOS. The molecule has 1 aliphatic heterocycles. The molecule has 2 nitrogen and oxygen atoms in total. The number of thiophene rings is 1. The fourth-order valence-electron chi connectivity index (χ4n) is 2.26. The first-order valence-electron chi connectivity index (χ1n) is 5.69. The van der Waals surface area contributed by atoms with Crippen LogP contribution < -0.4 is 5.32 Å². The van der Waals surface area contributed by atoms with Gasteiger partial charge >= 0.3 is 0 Å². The van der Waals surface area contributed by atoms with Gasteiger partial charge in [0.05, 0.1) is 10.8 Å². The van der Waals surface area contributed by atoms with Crippen molar-refractivity contribution in [3.63, 3.8) is 0 Å². The van der Waals surface area contributed by atoms with Crippen molar-refractivity contribution in [1.82, 2.24) is 0 Å². The van der Waals surface area contributed by atoms with Crippen LogP contribution in [0.25, 0.3) is 0 Å². The Bertz CT molecular complexity index is 573. The summed E-state index contributed by atoms with van der Waals surface area (Å²) in [5.74, 6) is 0.213. The third kappa shape index (κ3) is 1.76. The predicted octanol–water partition coefficient (Wildman–Crippen LogP) is 3.45. The van der Waals surface area contributed by atoms with E-state index in [9.17, 15) is 4.79 Å². The van der Waals surface area contributed by atoms with Gasteiger partial charge in [0.1, 0.15) is 0 Å². The quantitative estimate of drug-likeness (QED) is 0.818. The molecule has 0 aliphatic carbocycles. The summed E-state index contributed by atoms with van der Waals surface area (Å²) < 4.78 is 0. The number of hydrogen-bond acceptors (Lipinski definition) is 3. The summed E-state index contributed by atoms with van der Waals surface area (Å²) in [6, 6.07) is 12.0. The summed E-state index contributed by atoms with van der Waals surface area (Å²) in [7, 11) is 0. The van der Waals surface area contributed by atoms with Gasteiger partial charge < -0.3 is 5.32 Å². The van der Waals surface area contributed by atoms with Gasteiger partial charge in [0.15, 0.2) is 5.78 Å². The van der Waals surface area contributed by atoms with E-state index in [1.807, 2.05) is 43.3 Å². The Labute approximate surface area is 104 Å². The van der Waals surface area contributed by atoms with Crippen molar-refractivity contribution in [3.05, 3.63) is 51.7 Å². The van der Waals surface area contributed by atoms with E-state index in [0.717, 1.165) is 22.7 Å². The molecule has 1 atom stereocenters. The molecule has 2 aromatic rings. The van der Waals surface area contributed by atoms with Crippen molar-refractivity contribution in [3.8, 4) is 0 Å². The molecule has 0 spiro atoms. The second-order valence-electron chi connectivity index (χ2n) is 4.30. The number of aryl methyl sites for hydroxylation is 1. The van der Waals surface area contributed by atoms with E-state index in [-0.39, 0.29) is 11.7 Å². The van der Waals surface area contributed by atoms with Crippen molar-refractivity contribution in [2.75, 3.05) is 11.9 Å². The van der Waals surface area contributed by atoms with Crippen LogP contribution in [0.1, 0.15) is 26.0 Å². The number of anilines is 1. The molecule has 1 unspecified atom stereocenters. The van der Waals surface area contributed by atoms with Crippen LogP contribution >= 0.6 is 11.3 Å². The highest BCUT2D eigenvalue weighted by molar-refractivity contribution is 7.14. The van der Waals surface area contributed by atoms with Crippen LogP contribution in [-0.4, -0.2) is 12.3 Å². The van der Waals surface area contributed by atoms with Gasteiger partial charge in [0.25, 0.3) is 0 Å². The minimum atomic E-state index is -0.0238. The van der Waals surface area contributed by atoms with E-state index < -0.39 is 0 Å². The molecular weight excluding hydrogens is 230 g/mol. The van der Waals surface area contributed by atoms with E-state index in [2.05, 4.69) is 5.32 Å². The molecule has 1 aromatic heterocycles. The molecule has 0 bridgehead atoms. The summed E-state index contributed by atoms with van der Waals surface area (Å²) in [4.78, 5) is 14.4. The average molecular weight is 243 g/mol. The first kappa shape index (κ1) is 10.5. The number of para-hydroxylation sites is 1. The highest BCUT2D eigenvalue weighted by Gasteiger charge is 2.29. The fourth-order valence-corrected chi connectivity index (χ4v) is 3.12. The highest BCUT2D eigenvalue weighted by Crippen LogP contribution is 2.34. The summed E-state index contributed by atoms with van der Waals surface area (Å²) in [6.45, 7) is 2.75. The standard InChI is InChI=1S/C14H13NOS/c1-9-6-7-13(17-9)14(16)11-8-15-12-5-3-2-4-10(11)12/h2-7,11,15H,8H2,1H3. The summed E-state index contributed by atoms with van der Waals surface area (Å²) in [5, 5.41) is 3.29. The third-order valence-corrected chi connectivity index (χ3v) is 4.15. The SMILES string of the molecule is Cc1ccc(C(=O)C2CNc3ccccc32)s1. The Morgan fingerprint density at radius 2 is 2.12 bits per heavy atom. The van der Waals surface area contributed by atoms with Crippen LogP contribution in [0.4, 0.5) is 5.69 Å². The van der Waals surface area contributed by atoms with Crippen molar-refractivity contribution in [2.45, 2.75) is 12.8 Å². The molecule has 0 fully saturated rings. The topological polar surface area (TPSA) is 29.1 Å². The monoisotopic (exact) mass is 243 g/mol. The minimum Gasteiger partial charge on any atom is -0.384 e. The Morgan fingerprint density at radius 1 is 1.29 bits per heavy atom. The van der Waals surface area contributed by atoms with Crippen LogP contribution in [0, 0.1) is 6.92 Å². The van der Waals surface area contributed by atoms with Crippen molar-refractivity contribution in [2.24, 2.45) is 0 Å². The van der Waals surface area contributed by atoms with Gasteiger partial charge in [-0.1, -0.05) is 18.2 Å². The Kier molecular flexibility index (Phi) is 2.48. The maximum Gasteiger partial charge on any atom is 0.182 e. The van der Waals surface area contributed by atoms with Crippen LogP contribution in [0.5, 0.6) is 0 Å². The molecule has 1 N–H and O–H groups in total. The molecule has 0 amide bonds. The second kappa shape index (κ2) is 4.00. The average Bonchev–Trinajstić information content (AvgIpc) is 2.94. The molecule has 86 valence electrons. The lowest BCUT2D eigenvalue weighted by Gasteiger charge is -2.06. The first-order chi connectivity index (χ1) is 8.25. The molecule has 3 rings (SSSR count). The van der Waals surface area contributed by atoms with E-state index >= 15 is 0 Å². The maximum atomic E-state index is 12.4. The first-order valence-corrected chi connectivity index (χ1v) is 6.51. The third-order valence-electron chi connectivity index (χ3n) is 3.13. The van der Waals surface area contributed by atoms with Crippen LogP contribution in [0.15, 0.2) is 36.4 Å². The lowest BCUT2D eigenvalue weighted by molar-refractivity contribution is 0.0970.